The maximum absolute atomic E-state index is 13.0. The predicted molar refractivity (Wildman–Crippen MR) is 111 cm³/mol. The Hall–Kier alpha value is -2.57. The van der Waals surface area contributed by atoms with Crippen molar-refractivity contribution in [2.45, 2.75) is 37.9 Å². The van der Waals surface area contributed by atoms with Crippen molar-refractivity contribution in [3.05, 3.63) is 60.2 Å². The summed E-state index contributed by atoms with van der Waals surface area (Å²) in [6.45, 7) is 4.75. The number of nitrogens with zero attached hydrogens (tertiary/aromatic N) is 1. The third-order valence-electron chi connectivity index (χ3n) is 5.21. The lowest BCUT2D eigenvalue weighted by molar-refractivity contribution is -0.00306. The van der Waals surface area contributed by atoms with Gasteiger partial charge < -0.3 is 25.4 Å². The molecule has 3 rings (SSSR count). The fraction of sp³-hybridized carbons (Fsp3) is 0.409. The van der Waals surface area contributed by atoms with Crippen LogP contribution in [0.4, 0.5) is 10.5 Å². The Bertz CT molecular complexity index is 782. The number of methoxy groups -OCH3 is 1. The summed E-state index contributed by atoms with van der Waals surface area (Å²) in [4.78, 5) is 14.8. The highest BCUT2D eigenvalue weighted by atomic mass is 16.5. The normalized spacial score (nSPS) is 21.3. The molecule has 6 heteroatoms. The van der Waals surface area contributed by atoms with Crippen LogP contribution in [0.15, 0.2) is 54.6 Å². The number of ether oxygens (including phenoxy) is 1. The Morgan fingerprint density at radius 1 is 1.14 bits per heavy atom. The summed E-state index contributed by atoms with van der Waals surface area (Å²) in [6.07, 6.45) is 0. The van der Waals surface area contributed by atoms with Gasteiger partial charge in [-0.05, 0) is 17.7 Å². The standard InChI is InChI=1S/C22H29N3O3/c1-15(2)23-13-19-21(16-8-5-4-6-9-16)20(14-26)25(19)22(27)24-17-10-7-11-18(12-17)28-3/h4-12,15,19-21,23,26H,13-14H2,1-3H3,(H,24,27)/t19-,20-,21+/m0/s1. The summed E-state index contributed by atoms with van der Waals surface area (Å²) < 4.78 is 5.23. The minimum atomic E-state index is -0.257. The van der Waals surface area contributed by atoms with Crippen LogP contribution >= 0.6 is 0 Å². The lowest BCUT2D eigenvalue weighted by Gasteiger charge is -2.55. The van der Waals surface area contributed by atoms with E-state index in [1.165, 1.54) is 0 Å². The van der Waals surface area contributed by atoms with E-state index in [-0.39, 0.29) is 30.6 Å². The molecule has 2 amide bonds. The molecule has 28 heavy (non-hydrogen) atoms. The van der Waals surface area contributed by atoms with Gasteiger partial charge in [0.1, 0.15) is 5.75 Å². The summed E-state index contributed by atoms with van der Waals surface area (Å²) in [5.41, 5.74) is 1.81. The minimum absolute atomic E-state index is 0.0347. The number of hydrogen-bond acceptors (Lipinski definition) is 4. The molecule has 0 saturated carbocycles. The van der Waals surface area contributed by atoms with E-state index >= 15 is 0 Å². The lowest BCUT2D eigenvalue weighted by atomic mass is 9.75. The predicted octanol–water partition coefficient (Wildman–Crippen LogP) is 3.05. The van der Waals surface area contributed by atoms with E-state index in [9.17, 15) is 9.90 Å². The minimum Gasteiger partial charge on any atom is -0.497 e. The molecular weight excluding hydrogens is 354 g/mol. The number of anilines is 1. The average molecular weight is 383 g/mol. The molecular formula is C22H29N3O3. The van der Waals surface area contributed by atoms with Gasteiger partial charge in [-0.1, -0.05) is 50.2 Å². The average Bonchev–Trinajstić information content (AvgIpc) is 2.68. The van der Waals surface area contributed by atoms with E-state index in [2.05, 4.69) is 36.6 Å². The van der Waals surface area contributed by atoms with Gasteiger partial charge in [0, 0.05) is 30.3 Å². The van der Waals surface area contributed by atoms with E-state index in [0.717, 1.165) is 5.56 Å². The molecule has 1 aliphatic heterocycles. The molecule has 1 saturated heterocycles. The number of nitrogens with one attached hydrogen (secondary N) is 2. The monoisotopic (exact) mass is 383 g/mol. The van der Waals surface area contributed by atoms with Gasteiger partial charge in [0.2, 0.25) is 0 Å². The molecule has 0 unspecified atom stereocenters. The Morgan fingerprint density at radius 2 is 1.89 bits per heavy atom. The SMILES string of the molecule is COc1cccc(NC(=O)N2[C@@H](CO)[C@H](c3ccccc3)[C@@H]2CNC(C)C)c1. The summed E-state index contributed by atoms with van der Waals surface area (Å²) in [6, 6.07) is 17.2. The molecule has 0 aliphatic carbocycles. The van der Waals surface area contributed by atoms with Crippen molar-refractivity contribution in [3.8, 4) is 5.75 Å². The van der Waals surface area contributed by atoms with Crippen molar-refractivity contribution in [2.24, 2.45) is 0 Å². The quantitative estimate of drug-likeness (QED) is 0.687. The van der Waals surface area contributed by atoms with E-state index < -0.39 is 0 Å². The van der Waals surface area contributed by atoms with Crippen LogP contribution in [-0.4, -0.2) is 54.4 Å². The number of urea groups is 1. The van der Waals surface area contributed by atoms with Gasteiger partial charge in [0.25, 0.3) is 0 Å². The molecule has 0 spiro atoms. The topological polar surface area (TPSA) is 73.8 Å². The van der Waals surface area contributed by atoms with Gasteiger partial charge in [0.05, 0.1) is 25.8 Å². The first-order valence-corrected chi connectivity index (χ1v) is 9.67. The Balaban J connectivity index is 1.80. The zero-order valence-corrected chi connectivity index (χ0v) is 16.6. The molecule has 6 nitrogen and oxygen atoms in total. The summed E-state index contributed by atoms with van der Waals surface area (Å²) >= 11 is 0. The van der Waals surface area contributed by atoms with Crippen molar-refractivity contribution < 1.29 is 14.6 Å². The van der Waals surface area contributed by atoms with Crippen molar-refractivity contribution >= 4 is 11.7 Å². The summed E-state index contributed by atoms with van der Waals surface area (Å²) in [5.74, 6) is 0.772. The summed E-state index contributed by atoms with van der Waals surface area (Å²) in [5, 5.41) is 16.4. The number of aliphatic hydroxyl groups is 1. The van der Waals surface area contributed by atoms with Crippen LogP contribution in [0.3, 0.4) is 0 Å². The van der Waals surface area contributed by atoms with E-state index in [0.29, 0.717) is 24.0 Å². The van der Waals surface area contributed by atoms with Crippen LogP contribution in [0.25, 0.3) is 0 Å². The molecule has 1 heterocycles. The molecule has 1 aliphatic rings. The second-order valence-electron chi connectivity index (χ2n) is 7.39. The number of carbonyl (C=O) groups excluding carboxylic acids is 1. The fourth-order valence-electron chi connectivity index (χ4n) is 3.84. The molecule has 0 radical (unpaired) electrons. The molecule has 0 bridgehead atoms. The van der Waals surface area contributed by atoms with Gasteiger partial charge in [-0.2, -0.15) is 0 Å². The second-order valence-corrected chi connectivity index (χ2v) is 7.39. The van der Waals surface area contributed by atoms with Crippen LogP contribution in [0, 0.1) is 0 Å². The molecule has 3 N–H and O–H groups in total. The third kappa shape index (κ3) is 4.29. The molecule has 1 fully saturated rings. The fourth-order valence-corrected chi connectivity index (χ4v) is 3.84. The number of aliphatic hydroxyl groups excluding tert-OH is 1. The first kappa shape index (κ1) is 20.2. The van der Waals surface area contributed by atoms with Crippen LogP contribution in [0.5, 0.6) is 5.75 Å². The molecule has 3 atom stereocenters. The third-order valence-corrected chi connectivity index (χ3v) is 5.21. The lowest BCUT2D eigenvalue weighted by Crippen LogP contribution is -2.69. The van der Waals surface area contributed by atoms with Gasteiger partial charge >= 0.3 is 6.03 Å². The number of hydrogen-bond donors (Lipinski definition) is 3. The van der Waals surface area contributed by atoms with Crippen molar-refractivity contribution in [1.82, 2.24) is 10.2 Å². The number of rotatable bonds is 7. The van der Waals surface area contributed by atoms with E-state index in [1.807, 2.05) is 36.4 Å². The van der Waals surface area contributed by atoms with Gasteiger partial charge in [0.15, 0.2) is 0 Å². The van der Waals surface area contributed by atoms with E-state index in [1.54, 1.807) is 18.1 Å². The largest absolute Gasteiger partial charge is 0.497 e. The number of likely N-dealkylation sites (tertiary alicyclic amines) is 1. The summed E-state index contributed by atoms with van der Waals surface area (Å²) in [7, 11) is 1.59. The number of carbonyl (C=O) groups is 1. The zero-order chi connectivity index (χ0) is 20.1. The van der Waals surface area contributed by atoms with Crippen molar-refractivity contribution in [1.29, 1.82) is 0 Å². The van der Waals surface area contributed by atoms with Crippen LogP contribution in [0.1, 0.15) is 25.3 Å². The zero-order valence-electron chi connectivity index (χ0n) is 16.6. The van der Waals surface area contributed by atoms with Crippen LogP contribution < -0.4 is 15.4 Å². The highest BCUT2D eigenvalue weighted by Gasteiger charge is 2.50. The molecule has 150 valence electrons. The van der Waals surface area contributed by atoms with Gasteiger partial charge in [-0.3, -0.25) is 0 Å². The molecule has 0 aromatic heterocycles. The van der Waals surface area contributed by atoms with Crippen LogP contribution in [0.2, 0.25) is 0 Å². The van der Waals surface area contributed by atoms with Crippen LogP contribution in [-0.2, 0) is 0 Å². The highest BCUT2D eigenvalue weighted by Crippen LogP contribution is 2.40. The first-order valence-electron chi connectivity index (χ1n) is 9.67. The maximum atomic E-state index is 13.0. The number of benzene rings is 2. The van der Waals surface area contributed by atoms with Gasteiger partial charge in [-0.25, -0.2) is 4.79 Å². The molecule has 2 aromatic rings. The first-order chi connectivity index (χ1) is 13.5. The highest BCUT2D eigenvalue weighted by molar-refractivity contribution is 5.91. The Morgan fingerprint density at radius 3 is 2.54 bits per heavy atom. The maximum Gasteiger partial charge on any atom is 0.322 e. The Labute approximate surface area is 166 Å². The number of amides is 2. The van der Waals surface area contributed by atoms with Gasteiger partial charge in [-0.15, -0.1) is 0 Å². The van der Waals surface area contributed by atoms with Crippen molar-refractivity contribution in [2.75, 3.05) is 25.6 Å². The Kier molecular flexibility index (Phi) is 6.54. The smallest absolute Gasteiger partial charge is 0.322 e. The van der Waals surface area contributed by atoms with E-state index in [4.69, 9.17) is 4.74 Å². The molecule has 2 aromatic carbocycles. The van der Waals surface area contributed by atoms with Crippen molar-refractivity contribution in [3.63, 3.8) is 0 Å². The second kappa shape index (κ2) is 9.08.